The number of hydrogen-bond donors (Lipinski definition) is 2. The molecule has 0 aliphatic heterocycles. The van der Waals surface area contributed by atoms with E-state index in [4.69, 9.17) is 0 Å². The van der Waals surface area contributed by atoms with Crippen molar-refractivity contribution in [1.29, 1.82) is 0 Å². The highest BCUT2D eigenvalue weighted by atomic mass is 16.1. The summed E-state index contributed by atoms with van der Waals surface area (Å²) in [5, 5.41) is 4.28. The average Bonchev–Trinajstić information content (AvgIpc) is 3.46. The van der Waals surface area contributed by atoms with E-state index in [9.17, 15) is 9.59 Å². The molecule has 0 fully saturated rings. The van der Waals surface area contributed by atoms with Gasteiger partial charge in [0.25, 0.3) is 5.56 Å². The first-order valence-electron chi connectivity index (χ1n) is 15.5. The van der Waals surface area contributed by atoms with Crippen LogP contribution in [0, 0.1) is 0 Å². The molecule has 8 heteroatoms. The fourth-order valence-electron chi connectivity index (χ4n) is 5.40. The monoisotopic (exact) mass is 590 g/mol. The lowest BCUT2D eigenvalue weighted by Gasteiger charge is -2.23. The summed E-state index contributed by atoms with van der Waals surface area (Å²) in [4.78, 5) is 41.5. The number of carbonyl (C=O) groups is 1. The van der Waals surface area contributed by atoms with Crippen LogP contribution in [0.3, 0.4) is 0 Å². The van der Waals surface area contributed by atoms with Gasteiger partial charge >= 0.3 is 0 Å². The molecule has 0 aliphatic rings. The number of rotatable bonds is 16. The van der Waals surface area contributed by atoms with Gasteiger partial charge in [0.2, 0.25) is 5.95 Å². The number of nitrogens with zero attached hydrogens (tertiary/aromatic N) is 4. The third-order valence-corrected chi connectivity index (χ3v) is 7.84. The van der Waals surface area contributed by atoms with Gasteiger partial charge in [-0.3, -0.25) is 19.1 Å². The Labute approximate surface area is 259 Å². The topological polar surface area (TPSA) is 95.9 Å². The van der Waals surface area contributed by atoms with Gasteiger partial charge in [-0.1, -0.05) is 60.7 Å². The Morgan fingerprint density at radius 3 is 2.18 bits per heavy atom. The number of fused-ring (bicyclic) bond motifs is 1. The molecule has 0 aliphatic carbocycles. The lowest BCUT2D eigenvalue weighted by molar-refractivity contribution is -0.119. The quantitative estimate of drug-likeness (QED) is 0.158. The van der Waals surface area contributed by atoms with Crippen LogP contribution in [0.15, 0.2) is 96.2 Å². The predicted molar refractivity (Wildman–Crippen MR) is 177 cm³/mol. The summed E-state index contributed by atoms with van der Waals surface area (Å²) in [6, 6.07) is 25.0. The van der Waals surface area contributed by atoms with E-state index in [0.29, 0.717) is 30.8 Å². The number of carbonyl (C=O) groups excluding carboxylic acids is 1. The van der Waals surface area contributed by atoms with Gasteiger partial charge in [-0.25, -0.2) is 4.98 Å². The summed E-state index contributed by atoms with van der Waals surface area (Å²) in [6.45, 7) is 6.50. The molecule has 0 spiro atoms. The number of hydrogen-bond acceptors (Lipinski definition) is 6. The van der Waals surface area contributed by atoms with Crippen LogP contribution in [-0.2, 0) is 37.0 Å². The Morgan fingerprint density at radius 1 is 0.886 bits per heavy atom. The smallest absolute Gasteiger partial charge is 0.258 e. The Morgan fingerprint density at radius 2 is 1.55 bits per heavy atom. The SMILES string of the molecule is CC(C)Nc1ncc(CCN(CCc2ccccc2)CCc2ccccc2)c(=O)n1CC(=O)CCc1cc2cnccc2[nH]1. The minimum Gasteiger partial charge on any atom is -0.358 e. The number of aromatic amines is 1. The summed E-state index contributed by atoms with van der Waals surface area (Å²) in [5.74, 6) is 0.422. The summed E-state index contributed by atoms with van der Waals surface area (Å²) in [6.07, 6.45) is 8.57. The molecule has 0 unspecified atom stereocenters. The first kappa shape index (κ1) is 30.9. The van der Waals surface area contributed by atoms with Gasteiger partial charge in [-0.15, -0.1) is 0 Å². The molecule has 0 bridgehead atoms. The van der Waals surface area contributed by atoms with Crippen LogP contribution in [0.25, 0.3) is 10.9 Å². The predicted octanol–water partition coefficient (Wildman–Crippen LogP) is 5.47. The van der Waals surface area contributed by atoms with Crippen molar-refractivity contribution < 1.29 is 4.79 Å². The molecular weight excluding hydrogens is 548 g/mol. The third-order valence-electron chi connectivity index (χ3n) is 7.84. The number of H-pyrrole nitrogens is 1. The van der Waals surface area contributed by atoms with Gasteiger partial charge < -0.3 is 15.2 Å². The molecule has 228 valence electrons. The van der Waals surface area contributed by atoms with Crippen LogP contribution < -0.4 is 10.9 Å². The number of anilines is 1. The van der Waals surface area contributed by atoms with Crippen LogP contribution in [0.4, 0.5) is 5.95 Å². The first-order valence-corrected chi connectivity index (χ1v) is 15.5. The van der Waals surface area contributed by atoms with E-state index in [1.54, 1.807) is 12.4 Å². The second kappa shape index (κ2) is 15.3. The molecule has 2 N–H and O–H groups in total. The zero-order valence-electron chi connectivity index (χ0n) is 25.7. The molecule has 5 aromatic rings. The lowest BCUT2D eigenvalue weighted by atomic mass is 10.1. The maximum absolute atomic E-state index is 13.8. The Balaban J connectivity index is 1.27. The minimum atomic E-state index is -0.153. The van der Waals surface area contributed by atoms with Crippen molar-refractivity contribution >= 4 is 22.6 Å². The number of aryl methyl sites for hydroxylation is 1. The molecule has 0 radical (unpaired) electrons. The van der Waals surface area contributed by atoms with Crippen LogP contribution in [0.2, 0.25) is 0 Å². The number of benzene rings is 2. The van der Waals surface area contributed by atoms with Crippen molar-refractivity contribution in [2.75, 3.05) is 25.0 Å². The van der Waals surface area contributed by atoms with Crippen molar-refractivity contribution in [3.05, 3.63) is 124 Å². The van der Waals surface area contributed by atoms with Crippen molar-refractivity contribution in [2.45, 2.75) is 58.5 Å². The second-order valence-electron chi connectivity index (χ2n) is 11.7. The van der Waals surface area contributed by atoms with Crippen LogP contribution >= 0.6 is 0 Å². The first-order chi connectivity index (χ1) is 21.4. The molecule has 0 amide bonds. The van der Waals surface area contributed by atoms with E-state index in [1.165, 1.54) is 15.7 Å². The molecule has 3 aromatic heterocycles. The summed E-state index contributed by atoms with van der Waals surface area (Å²) < 4.78 is 1.52. The molecular formula is C36H42N6O2. The number of nitrogens with one attached hydrogen (secondary N) is 2. The van der Waals surface area contributed by atoms with Crippen LogP contribution in [0.1, 0.15) is 42.7 Å². The molecule has 0 saturated heterocycles. The number of aromatic nitrogens is 4. The van der Waals surface area contributed by atoms with Gasteiger partial charge in [0.1, 0.15) is 0 Å². The van der Waals surface area contributed by atoms with Gasteiger partial charge in [-0.05, 0) is 62.8 Å². The highest BCUT2D eigenvalue weighted by Gasteiger charge is 2.16. The van der Waals surface area contributed by atoms with Gasteiger partial charge in [0.15, 0.2) is 5.78 Å². The average molecular weight is 591 g/mol. The zero-order valence-corrected chi connectivity index (χ0v) is 25.7. The van der Waals surface area contributed by atoms with E-state index < -0.39 is 0 Å². The normalized spacial score (nSPS) is 11.5. The number of Topliss-reactive ketones (excluding diaryl/α,β-unsaturated/α-hetero) is 1. The van der Waals surface area contributed by atoms with Crippen LogP contribution in [0.5, 0.6) is 0 Å². The Bertz CT molecular complexity index is 1620. The fourth-order valence-corrected chi connectivity index (χ4v) is 5.40. The lowest BCUT2D eigenvalue weighted by Crippen LogP contribution is -2.35. The van der Waals surface area contributed by atoms with Gasteiger partial charge in [0, 0.05) is 72.8 Å². The maximum Gasteiger partial charge on any atom is 0.258 e. The molecule has 5 rings (SSSR count). The van der Waals surface area contributed by atoms with Gasteiger partial charge in [-0.2, -0.15) is 0 Å². The van der Waals surface area contributed by atoms with Crippen molar-refractivity contribution in [1.82, 2.24) is 24.4 Å². The van der Waals surface area contributed by atoms with Gasteiger partial charge in [0.05, 0.1) is 6.54 Å². The zero-order chi connectivity index (χ0) is 30.7. The molecule has 0 saturated carbocycles. The van der Waals surface area contributed by atoms with Crippen molar-refractivity contribution in [3.8, 4) is 0 Å². The highest BCUT2D eigenvalue weighted by Crippen LogP contribution is 2.15. The Kier molecular flexibility index (Phi) is 10.7. The van der Waals surface area contributed by atoms with Crippen LogP contribution in [-0.4, -0.2) is 55.9 Å². The fraction of sp³-hybridized carbons (Fsp3) is 0.333. The molecule has 2 aromatic carbocycles. The van der Waals surface area contributed by atoms with Crippen molar-refractivity contribution in [2.24, 2.45) is 0 Å². The molecule has 3 heterocycles. The molecule has 44 heavy (non-hydrogen) atoms. The minimum absolute atomic E-state index is 0.0117. The van der Waals surface area contributed by atoms with E-state index in [-0.39, 0.29) is 23.9 Å². The third kappa shape index (κ3) is 8.74. The summed E-state index contributed by atoms with van der Waals surface area (Å²) in [7, 11) is 0. The second-order valence-corrected chi connectivity index (χ2v) is 11.7. The number of ketones is 1. The molecule has 8 nitrogen and oxygen atoms in total. The Hall–Kier alpha value is -4.56. The van der Waals surface area contributed by atoms with E-state index in [0.717, 1.165) is 49.1 Å². The largest absolute Gasteiger partial charge is 0.358 e. The van der Waals surface area contributed by atoms with E-state index in [2.05, 4.69) is 73.7 Å². The van der Waals surface area contributed by atoms with Crippen molar-refractivity contribution in [3.63, 3.8) is 0 Å². The maximum atomic E-state index is 13.8. The highest BCUT2D eigenvalue weighted by molar-refractivity contribution is 5.81. The summed E-state index contributed by atoms with van der Waals surface area (Å²) >= 11 is 0. The molecule has 0 atom stereocenters. The standard InChI is InChI=1S/C36H42N6O2/c1-27(2)39-36-38-25-30(35(44)42(36)26-33(43)14-13-32-23-31-24-37-19-15-34(31)40-32)18-22-41(20-16-28-9-5-3-6-10-28)21-17-29-11-7-4-8-12-29/h3-12,15,19,23-25,27,40H,13-14,16-18,20-22,26H2,1-2H3,(H,38,39). The number of pyridine rings is 1. The summed E-state index contributed by atoms with van der Waals surface area (Å²) in [5.41, 5.74) is 5.05. The van der Waals surface area contributed by atoms with E-state index in [1.807, 2.05) is 44.3 Å². The van der Waals surface area contributed by atoms with E-state index >= 15 is 0 Å².